The Kier molecular flexibility index (Phi) is 5.61. The zero-order chi connectivity index (χ0) is 16.4. The number of hydrogen-bond acceptors (Lipinski definition) is 2. The fourth-order valence-corrected chi connectivity index (χ4v) is 1.88. The van der Waals surface area contributed by atoms with Crippen LogP contribution < -0.4 is 0 Å². The Morgan fingerprint density at radius 3 is 1.39 bits per heavy atom. The smallest absolute Gasteiger partial charge is 0.165 e. The standard InChI is InChI=1S/C21H14N2/c22-17-21(18-23,15-7-13-19-9-3-1-4-10-19)16-8-14-20-11-5-2-6-12-20/h1-6,9-12H,15-16H2. The maximum absolute atomic E-state index is 9.36. The second-order valence-electron chi connectivity index (χ2n) is 4.99. The predicted molar refractivity (Wildman–Crippen MR) is 89.5 cm³/mol. The van der Waals surface area contributed by atoms with Gasteiger partial charge in [0.25, 0.3) is 0 Å². The first-order valence-electron chi connectivity index (χ1n) is 7.18. The molecule has 108 valence electrons. The van der Waals surface area contributed by atoms with Crippen LogP contribution in [0.5, 0.6) is 0 Å². The molecule has 0 aliphatic carbocycles. The van der Waals surface area contributed by atoms with E-state index in [1.54, 1.807) is 0 Å². The minimum absolute atomic E-state index is 0.179. The van der Waals surface area contributed by atoms with Crippen molar-refractivity contribution in [2.75, 3.05) is 0 Å². The molecule has 0 aliphatic rings. The molecule has 0 saturated heterocycles. The fourth-order valence-electron chi connectivity index (χ4n) is 1.88. The number of nitrogens with zero attached hydrogens (tertiary/aromatic N) is 2. The molecule has 0 unspecified atom stereocenters. The van der Waals surface area contributed by atoms with E-state index in [9.17, 15) is 10.5 Å². The van der Waals surface area contributed by atoms with Crippen LogP contribution in [0.15, 0.2) is 60.7 Å². The molecule has 0 amide bonds. The lowest BCUT2D eigenvalue weighted by atomic mass is 9.84. The fraction of sp³-hybridized carbons (Fsp3) is 0.143. The van der Waals surface area contributed by atoms with Gasteiger partial charge in [0.15, 0.2) is 5.41 Å². The van der Waals surface area contributed by atoms with Crippen molar-refractivity contribution in [3.8, 4) is 35.8 Å². The first kappa shape index (κ1) is 15.9. The van der Waals surface area contributed by atoms with E-state index in [2.05, 4.69) is 35.8 Å². The van der Waals surface area contributed by atoms with Gasteiger partial charge >= 0.3 is 0 Å². The quantitative estimate of drug-likeness (QED) is 0.789. The highest BCUT2D eigenvalue weighted by molar-refractivity contribution is 5.37. The topological polar surface area (TPSA) is 47.6 Å². The van der Waals surface area contributed by atoms with Crippen LogP contribution in [0.1, 0.15) is 24.0 Å². The summed E-state index contributed by atoms with van der Waals surface area (Å²) in [4.78, 5) is 0. The van der Waals surface area contributed by atoms with Gasteiger partial charge in [-0.05, 0) is 24.3 Å². The highest BCUT2D eigenvalue weighted by atomic mass is 14.4. The molecule has 0 heterocycles. The molecule has 0 fully saturated rings. The van der Waals surface area contributed by atoms with Gasteiger partial charge in [0.1, 0.15) is 0 Å². The van der Waals surface area contributed by atoms with Crippen LogP contribution in [0, 0.1) is 51.8 Å². The maximum Gasteiger partial charge on any atom is 0.165 e. The summed E-state index contributed by atoms with van der Waals surface area (Å²) in [5.74, 6) is 11.8. The average molecular weight is 294 g/mol. The second-order valence-corrected chi connectivity index (χ2v) is 4.99. The molecule has 0 aromatic heterocycles. The van der Waals surface area contributed by atoms with Crippen molar-refractivity contribution in [1.82, 2.24) is 0 Å². The number of rotatable bonds is 2. The van der Waals surface area contributed by atoms with Gasteiger partial charge in [-0.15, -0.1) is 0 Å². The van der Waals surface area contributed by atoms with Crippen molar-refractivity contribution in [3.63, 3.8) is 0 Å². The Bertz CT molecular complexity index is 770. The van der Waals surface area contributed by atoms with E-state index in [1.807, 2.05) is 60.7 Å². The van der Waals surface area contributed by atoms with Gasteiger partial charge < -0.3 is 0 Å². The van der Waals surface area contributed by atoms with Crippen LogP contribution in [0.3, 0.4) is 0 Å². The lowest BCUT2D eigenvalue weighted by molar-refractivity contribution is 0.556. The van der Waals surface area contributed by atoms with E-state index >= 15 is 0 Å². The Hall–Kier alpha value is -3.46. The van der Waals surface area contributed by atoms with Crippen LogP contribution in [0.4, 0.5) is 0 Å². The average Bonchev–Trinajstić information content (AvgIpc) is 2.62. The summed E-state index contributed by atoms with van der Waals surface area (Å²) in [5, 5.41) is 18.7. The summed E-state index contributed by atoms with van der Waals surface area (Å²) in [6.07, 6.45) is 0.358. The zero-order valence-electron chi connectivity index (χ0n) is 12.6. The highest BCUT2D eigenvalue weighted by Gasteiger charge is 2.28. The third kappa shape index (κ3) is 4.79. The van der Waals surface area contributed by atoms with Gasteiger partial charge in [-0.3, -0.25) is 0 Å². The summed E-state index contributed by atoms with van der Waals surface area (Å²) in [6.45, 7) is 0. The van der Waals surface area contributed by atoms with Gasteiger partial charge in [-0.1, -0.05) is 60.1 Å². The van der Waals surface area contributed by atoms with Gasteiger partial charge in [0.2, 0.25) is 0 Å². The van der Waals surface area contributed by atoms with E-state index < -0.39 is 5.41 Å². The molecule has 23 heavy (non-hydrogen) atoms. The van der Waals surface area contributed by atoms with Gasteiger partial charge in [-0.2, -0.15) is 10.5 Å². The predicted octanol–water partition coefficient (Wildman–Crippen LogP) is 3.90. The van der Waals surface area contributed by atoms with E-state index in [-0.39, 0.29) is 12.8 Å². The van der Waals surface area contributed by atoms with Crippen molar-refractivity contribution in [2.24, 2.45) is 5.41 Å². The third-order valence-electron chi connectivity index (χ3n) is 3.22. The number of nitriles is 2. The summed E-state index contributed by atoms with van der Waals surface area (Å²) in [6, 6.07) is 23.1. The Labute approximate surface area is 137 Å². The van der Waals surface area contributed by atoms with Crippen LogP contribution in [-0.4, -0.2) is 0 Å². The van der Waals surface area contributed by atoms with Gasteiger partial charge in [0.05, 0.1) is 12.1 Å². The molecule has 0 saturated carbocycles. The summed E-state index contributed by atoms with van der Waals surface area (Å²) in [7, 11) is 0. The Balaban J connectivity index is 2.09. The number of benzene rings is 2. The molecule has 2 aromatic rings. The number of hydrogen-bond donors (Lipinski definition) is 0. The Morgan fingerprint density at radius 1 is 0.652 bits per heavy atom. The lowest BCUT2D eigenvalue weighted by Crippen LogP contribution is -2.14. The summed E-state index contributed by atoms with van der Waals surface area (Å²) < 4.78 is 0. The third-order valence-corrected chi connectivity index (χ3v) is 3.22. The summed E-state index contributed by atoms with van der Waals surface area (Å²) >= 11 is 0. The molecule has 2 heteroatoms. The summed E-state index contributed by atoms with van der Waals surface area (Å²) in [5.41, 5.74) is 0.545. The van der Waals surface area contributed by atoms with Crippen LogP contribution in [0.2, 0.25) is 0 Å². The Morgan fingerprint density at radius 2 is 1.04 bits per heavy atom. The van der Waals surface area contributed by atoms with Gasteiger partial charge in [0, 0.05) is 24.0 Å². The molecular weight excluding hydrogens is 280 g/mol. The first-order valence-corrected chi connectivity index (χ1v) is 7.18. The largest absolute Gasteiger partial charge is 0.196 e. The van der Waals surface area contributed by atoms with E-state index in [1.165, 1.54) is 0 Å². The van der Waals surface area contributed by atoms with Crippen LogP contribution >= 0.6 is 0 Å². The van der Waals surface area contributed by atoms with E-state index in [0.717, 1.165) is 11.1 Å². The maximum atomic E-state index is 9.36. The molecule has 2 aromatic carbocycles. The molecule has 0 radical (unpaired) electrons. The molecule has 0 atom stereocenters. The minimum Gasteiger partial charge on any atom is -0.196 e. The molecule has 0 aliphatic heterocycles. The van der Waals surface area contributed by atoms with Crippen molar-refractivity contribution >= 4 is 0 Å². The van der Waals surface area contributed by atoms with E-state index in [4.69, 9.17) is 0 Å². The second kappa shape index (κ2) is 8.10. The van der Waals surface area contributed by atoms with Crippen molar-refractivity contribution in [2.45, 2.75) is 12.8 Å². The first-order chi connectivity index (χ1) is 11.3. The molecule has 0 N–H and O–H groups in total. The van der Waals surface area contributed by atoms with Crippen molar-refractivity contribution in [1.29, 1.82) is 10.5 Å². The van der Waals surface area contributed by atoms with Crippen LogP contribution in [-0.2, 0) is 0 Å². The highest BCUT2D eigenvalue weighted by Crippen LogP contribution is 2.23. The monoisotopic (exact) mass is 294 g/mol. The normalized spacial score (nSPS) is 9.30. The molecular formula is C21H14N2. The zero-order valence-corrected chi connectivity index (χ0v) is 12.6. The van der Waals surface area contributed by atoms with Crippen molar-refractivity contribution < 1.29 is 0 Å². The van der Waals surface area contributed by atoms with E-state index in [0.29, 0.717) is 0 Å². The molecule has 2 rings (SSSR count). The minimum atomic E-state index is -1.19. The lowest BCUT2D eigenvalue weighted by Gasteiger charge is -2.10. The molecule has 0 bridgehead atoms. The molecule has 0 spiro atoms. The van der Waals surface area contributed by atoms with Gasteiger partial charge in [-0.25, -0.2) is 0 Å². The molecule has 2 nitrogen and oxygen atoms in total. The van der Waals surface area contributed by atoms with Crippen molar-refractivity contribution in [3.05, 3.63) is 71.8 Å². The SMILES string of the molecule is N#CC(C#N)(CC#Cc1ccccc1)CC#Cc1ccccc1. The van der Waals surface area contributed by atoms with Crippen LogP contribution in [0.25, 0.3) is 0 Å².